The quantitative estimate of drug-likeness (QED) is 0.740. The third kappa shape index (κ3) is 2.65. The highest BCUT2D eigenvalue weighted by Crippen LogP contribution is 2.17. The summed E-state index contributed by atoms with van der Waals surface area (Å²) in [5, 5.41) is 17.1. The van der Waals surface area contributed by atoms with Gasteiger partial charge in [0.15, 0.2) is 5.69 Å². The molecule has 3 rings (SSSR count). The Labute approximate surface area is 121 Å². The Bertz CT molecular complexity index is 785. The van der Waals surface area contributed by atoms with E-state index in [1.807, 2.05) is 36.4 Å². The zero-order valence-electron chi connectivity index (χ0n) is 11.1. The summed E-state index contributed by atoms with van der Waals surface area (Å²) in [7, 11) is 0. The van der Waals surface area contributed by atoms with Gasteiger partial charge in [-0.15, -0.1) is 5.10 Å². The molecule has 0 atom stereocenters. The highest BCUT2D eigenvalue weighted by Gasteiger charge is 2.14. The number of rotatable bonds is 3. The number of nitrogens with zero attached hydrogens (tertiary/aromatic N) is 4. The molecule has 2 aromatic carbocycles. The van der Waals surface area contributed by atoms with Crippen molar-refractivity contribution in [3.8, 4) is 11.8 Å². The molecule has 0 saturated carbocycles. The lowest BCUT2D eigenvalue weighted by Crippen LogP contribution is -2.04. The molecule has 0 aliphatic heterocycles. The largest absolute Gasteiger partial charge is 0.216 e. The van der Waals surface area contributed by atoms with Gasteiger partial charge in [0.25, 0.3) is 0 Å². The molecule has 0 unspecified atom stereocenters. The van der Waals surface area contributed by atoms with E-state index in [0.29, 0.717) is 17.8 Å². The monoisotopic (exact) mass is 278 g/mol. The molecule has 21 heavy (non-hydrogen) atoms. The zero-order chi connectivity index (χ0) is 14.7. The molecular formula is C16H11FN4. The van der Waals surface area contributed by atoms with Gasteiger partial charge in [-0.25, -0.2) is 9.07 Å². The summed E-state index contributed by atoms with van der Waals surface area (Å²) in [4.78, 5) is 0. The van der Waals surface area contributed by atoms with Gasteiger partial charge in [0.2, 0.25) is 0 Å². The molecule has 1 aromatic heterocycles. The third-order valence-corrected chi connectivity index (χ3v) is 3.15. The standard InChI is InChI=1S/C16H11FN4/c17-13-6-8-14(9-7-13)21-16(15(11-18)19-20-21)10-12-4-2-1-3-5-12/h1-9H,10H2. The second kappa shape index (κ2) is 5.55. The lowest BCUT2D eigenvalue weighted by atomic mass is 10.1. The molecular weight excluding hydrogens is 267 g/mol. The zero-order valence-corrected chi connectivity index (χ0v) is 11.1. The van der Waals surface area contributed by atoms with Gasteiger partial charge < -0.3 is 0 Å². The summed E-state index contributed by atoms with van der Waals surface area (Å²) in [6, 6.07) is 17.7. The van der Waals surface area contributed by atoms with E-state index in [9.17, 15) is 9.65 Å². The van der Waals surface area contributed by atoms with E-state index in [-0.39, 0.29) is 11.5 Å². The normalized spacial score (nSPS) is 10.3. The average Bonchev–Trinajstić information content (AvgIpc) is 2.92. The predicted octanol–water partition coefficient (Wildman–Crippen LogP) is 2.87. The molecule has 0 aliphatic rings. The summed E-state index contributed by atoms with van der Waals surface area (Å²) in [6.07, 6.45) is 0.536. The van der Waals surface area contributed by atoms with E-state index >= 15 is 0 Å². The number of benzene rings is 2. The van der Waals surface area contributed by atoms with Gasteiger partial charge in [-0.1, -0.05) is 35.5 Å². The van der Waals surface area contributed by atoms with Crippen molar-refractivity contribution in [3.63, 3.8) is 0 Å². The van der Waals surface area contributed by atoms with Gasteiger partial charge in [-0.2, -0.15) is 5.26 Å². The van der Waals surface area contributed by atoms with Crippen LogP contribution in [0, 0.1) is 17.1 Å². The Kier molecular flexibility index (Phi) is 3.44. The minimum atomic E-state index is -0.316. The van der Waals surface area contributed by atoms with E-state index in [1.54, 1.807) is 16.8 Å². The molecule has 0 saturated heterocycles. The van der Waals surface area contributed by atoms with Crippen LogP contribution in [0.2, 0.25) is 0 Å². The van der Waals surface area contributed by atoms with E-state index < -0.39 is 0 Å². The molecule has 5 heteroatoms. The minimum absolute atomic E-state index is 0.281. The highest BCUT2D eigenvalue weighted by molar-refractivity contribution is 5.38. The van der Waals surface area contributed by atoms with E-state index in [2.05, 4.69) is 10.3 Å². The highest BCUT2D eigenvalue weighted by atomic mass is 19.1. The van der Waals surface area contributed by atoms with Crippen molar-refractivity contribution in [1.29, 1.82) is 5.26 Å². The number of hydrogen-bond acceptors (Lipinski definition) is 3. The van der Waals surface area contributed by atoms with Gasteiger partial charge in [0.1, 0.15) is 11.9 Å². The van der Waals surface area contributed by atoms with Crippen LogP contribution < -0.4 is 0 Å². The Hall–Kier alpha value is -3.00. The lowest BCUT2D eigenvalue weighted by Gasteiger charge is -2.06. The van der Waals surface area contributed by atoms with Gasteiger partial charge in [0.05, 0.1) is 11.4 Å². The van der Waals surface area contributed by atoms with Crippen LogP contribution in [0.1, 0.15) is 17.0 Å². The third-order valence-electron chi connectivity index (χ3n) is 3.15. The molecule has 3 aromatic rings. The molecule has 0 fully saturated rings. The van der Waals surface area contributed by atoms with Crippen LogP contribution >= 0.6 is 0 Å². The van der Waals surface area contributed by atoms with Gasteiger partial charge >= 0.3 is 0 Å². The smallest absolute Gasteiger partial charge is 0.186 e. The SMILES string of the molecule is N#Cc1nnn(-c2ccc(F)cc2)c1Cc1ccccc1. The average molecular weight is 278 g/mol. The molecule has 0 N–H and O–H groups in total. The van der Waals surface area contributed by atoms with Crippen molar-refractivity contribution < 1.29 is 4.39 Å². The van der Waals surface area contributed by atoms with Crippen molar-refractivity contribution in [3.05, 3.63) is 77.4 Å². The van der Waals surface area contributed by atoms with Crippen LogP contribution in [0.5, 0.6) is 0 Å². The molecule has 1 heterocycles. The Morgan fingerprint density at radius 3 is 2.43 bits per heavy atom. The van der Waals surface area contributed by atoms with E-state index in [4.69, 9.17) is 0 Å². The van der Waals surface area contributed by atoms with Crippen molar-refractivity contribution in [1.82, 2.24) is 15.0 Å². The first kappa shape index (κ1) is 13.0. The molecule has 4 nitrogen and oxygen atoms in total. The maximum atomic E-state index is 13.0. The lowest BCUT2D eigenvalue weighted by molar-refractivity contribution is 0.626. The number of nitriles is 1. The summed E-state index contributed by atoms with van der Waals surface area (Å²) < 4.78 is 14.6. The molecule has 0 radical (unpaired) electrons. The summed E-state index contributed by atoms with van der Waals surface area (Å²) in [6.45, 7) is 0. The summed E-state index contributed by atoms with van der Waals surface area (Å²) in [5.41, 5.74) is 2.70. The van der Waals surface area contributed by atoms with Crippen LogP contribution in [-0.2, 0) is 6.42 Å². The summed E-state index contributed by atoms with van der Waals surface area (Å²) >= 11 is 0. The fourth-order valence-corrected chi connectivity index (χ4v) is 2.13. The van der Waals surface area contributed by atoms with E-state index in [0.717, 1.165) is 5.56 Å². The summed E-state index contributed by atoms with van der Waals surface area (Å²) in [5.74, 6) is -0.316. The molecule has 102 valence electrons. The first-order valence-corrected chi connectivity index (χ1v) is 6.42. The number of hydrogen-bond donors (Lipinski definition) is 0. The van der Waals surface area contributed by atoms with E-state index in [1.165, 1.54) is 12.1 Å². The van der Waals surface area contributed by atoms with Crippen LogP contribution in [0.4, 0.5) is 4.39 Å². The molecule has 0 aliphatic carbocycles. The second-order valence-corrected chi connectivity index (χ2v) is 4.55. The van der Waals surface area contributed by atoms with Crippen LogP contribution in [0.3, 0.4) is 0 Å². The van der Waals surface area contributed by atoms with Crippen LogP contribution in [-0.4, -0.2) is 15.0 Å². The molecule has 0 amide bonds. The van der Waals surface area contributed by atoms with Gasteiger partial charge in [-0.05, 0) is 29.8 Å². The van der Waals surface area contributed by atoms with Crippen molar-refractivity contribution in [2.24, 2.45) is 0 Å². The number of halogens is 1. The molecule has 0 spiro atoms. The topological polar surface area (TPSA) is 54.5 Å². The predicted molar refractivity (Wildman–Crippen MR) is 75.3 cm³/mol. The van der Waals surface area contributed by atoms with Crippen molar-refractivity contribution in [2.75, 3.05) is 0 Å². The first-order valence-electron chi connectivity index (χ1n) is 6.42. The maximum absolute atomic E-state index is 13.0. The van der Waals surface area contributed by atoms with Crippen molar-refractivity contribution >= 4 is 0 Å². The van der Waals surface area contributed by atoms with Gasteiger partial charge in [-0.3, -0.25) is 0 Å². The maximum Gasteiger partial charge on any atom is 0.186 e. The fraction of sp³-hybridized carbons (Fsp3) is 0.0625. The van der Waals surface area contributed by atoms with Crippen molar-refractivity contribution in [2.45, 2.75) is 6.42 Å². The first-order chi connectivity index (χ1) is 10.3. The Balaban J connectivity index is 2.04. The minimum Gasteiger partial charge on any atom is -0.216 e. The fourth-order valence-electron chi connectivity index (χ4n) is 2.13. The second-order valence-electron chi connectivity index (χ2n) is 4.55. The Morgan fingerprint density at radius 2 is 1.76 bits per heavy atom. The van der Waals surface area contributed by atoms with Gasteiger partial charge in [0, 0.05) is 6.42 Å². The van der Waals surface area contributed by atoms with Crippen LogP contribution in [0.25, 0.3) is 5.69 Å². The Morgan fingerprint density at radius 1 is 1.05 bits per heavy atom. The number of aromatic nitrogens is 3. The molecule has 0 bridgehead atoms. The van der Waals surface area contributed by atoms with Crippen LogP contribution in [0.15, 0.2) is 54.6 Å².